The van der Waals surface area contributed by atoms with E-state index in [1.165, 1.54) is 18.5 Å². The molecule has 0 spiro atoms. The van der Waals surface area contributed by atoms with Gasteiger partial charge in [0.15, 0.2) is 0 Å². The monoisotopic (exact) mass is 181 g/mol. The minimum Gasteiger partial charge on any atom is -0.371 e. The molecule has 4 N–H and O–H groups in total. The minimum absolute atomic E-state index is 0.145. The highest BCUT2D eigenvalue weighted by atomic mass is 16.5. The summed E-state index contributed by atoms with van der Waals surface area (Å²) in [5.74, 6) is -0.145. The fourth-order valence-electron chi connectivity index (χ4n) is 1.06. The summed E-state index contributed by atoms with van der Waals surface area (Å²) in [6.45, 7) is 0. The molecule has 0 saturated carbocycles. The lowest BCUT2D eigenvalue weighted by atomic mass is 10.4. The van der Waals surface area contributed by atoms with Crippen LogP contribution in [0.3, 0.4) is 0 Å². The topological polar surface area (TPSA) is 102 Å². The van der Waals surface area contributed by atoms with Crippen LogP contribution in [0.4, 0.5) is 5.95 Å². The number of aromatic nitrogens is 4. The highest BCUT2D eigenvalue weighted by Gasteiger charge is 2.19. The second-order valence-corrected chi connectivity index (χ2v) is 2.47. The molecular formula is C6H7N5O2+2. The number of nitrogen functional groups attached to an aromatic ring is 1. The second-order valence-electron chi connectivity index (χ2n) is 2.47. The van der Waals surface area contributed by atoms with Crippen molar-refractivity contribution in [3.63, 3.8) is 0 Å². The van der Waals surface area contributed by atoms with Gasteiger partial charge in [0.05, 0.1) is 4.91 Å². The van der Waals surface area contributed by atoms with Crippen LogP contribution in [0.1, 0.15) is 0 Å². The van der Waals surface area contributed by atoms with Crippen molar-refractivity contribution in [3.05, 3.63) is 23.4 Å². The Morgan fingerprint density at radius 2 is 2.31 bits per heavy atom. The summed E-state index contributed by atoms with van der Waals surface area (Å²) in [5, 5.41) is 11.6. The van der Waals surface area contributed by atoms with Crippen LogP contribution in [0.25, 0.3) is 11.0 Å². The molecule has 66 valence electrons. The Kier molecular flexibility index (Phi) is 1.38. The summed E-state index contributed by atoms with van der Waals surface area (Å²) in [7, 11) is 0. The molecule has 2 aromatic rings. The number of nitrogens with two attached hydrogens (primary N) is 1. The van der Waals surface area contributed by atoms with E-state index in [0.29, 0.717) is 14.8 Å². The van der Waals surface area contributed by atoms with Gasteiger partial charge in [-0.2, -0.15) is 0 Å². The van der Waals surface area contributed by atoms with Crippen molar-refractivity contribution in [1.82, 2.24) is 10.1 Å². The normalized spacial score (nSPS) is 10.5. The fraction of sp³-hybridized carbons (Fsp3) is 0. The molecule has 2 aromatic heterocycles. The van der Waals surface area contributed by atoms with Gasteiger partial charge in [0.1, 0.15) is 6.20 Å². The van der Waals surface area contributed by atoms with Crippen molar-refractivity contribution in [1.29, 1.82) is 0 Å². The number of fused-ring (bicyclic) bond motifs is 1. The number of hydrogen-bond acceptors (Lipinski definition) is 4. The van der Waals surface area contributed by atoms with Crippen molar-refractivity contribution in [2.45, 2.75) is 0 Å². The maximum Gasteiger partial charge on any atom is 0.447 e. The quantitative estimate of drug-likeness (QED) is 0.343. The zero-order valence-electron chi connectivity index (χ0n) is 6.51. The van der Waals surface area contributed by atoms with E-state index in [0.717, 1.165) is 0 Å². The molecule has 0 aliphatic rings. The van der Waals surface area contributed by atoms with Gasteiger partial charge in [0.2, 0.25) is 10.1 Å². The predicted molar refractivity (Wildman–Crippen MR) is 41.3 cm³/mol. The van der Waals surface area contributed by atoms with Crippen LogP contribution >= 0.6 is 0 Å². The van der Waals surface area contributed by atoms with Gasteiger partial charge in [-0.1, -0.05) is 0 Å². The summed E-state index contributed by atoms with van der Waals surface area (Å²) >= 11 is 0. The van der Waals surface area contributed by atoms with Crippen molar-refractivity contribution in [2.75, 3.05) is 5.73 Å². The molecule has 0 atom stereocenters. The van der Waals surface area contributed by atoms with E-state index in [4.69, 9.17) is 5.73 Å². The second kappa shape index (κ2) is 2.41. The lowest BCUT2D eigenvalue weighted by Gasteiger charge is -1.91. The van der Waals surface area contributed by atoms with Gasteiger partial charge in [-0.3, -0.25) is 10.7 Å². The standard InChI is InChI=1S/C6H6N5O2/c7-6-9-11(13)5-3-8-2-1-4(5)10(6)12/h1-3,12H,(H2,7,9,13)/q+1/p+1. The van der Waals surface area contributed by atoms with Crippen LogP contribution in [0.2, 0.25) is 0 Å². The third-order valence-corrected chi connectivity index (χ3v) is 1.67. The van der Waals surface area contributed by atoms with E-state index in [2.05, 4.69) is 10.1 Å². The van der Waals surface area contributed by atoms with Crippen LogP contribution in [-0.4, -0.2) is 15.3 Å². The first-order valence-corrected chi connectivity index (χ1v) is 3.49. The average molecular weight is 181 g/mol. The Morgan fingerprint density at radius 1 is 1.54 bits per heavy atom. The van der Waals surface area contributed by atoms with Gasteiger partial charge < -0.3 is 5.21 Å². The smallest absolute Gasteiger partial charge is 0.371 e. The third kappa shape index (κ3) is 0.975. The molecule has 0 aliphatic heterocycles. The molecule has 2 heterocycles. The van der Waals surface area contributed by atoms with Crippen LogP contribution in [0.5, 0.6) is 0 Å². The molecule has 7 nitrogen and oxygen atoms in total. The van der Waals surface area contributed by atoms with E-state index in [1.807, 2.05) is 0 Å². The fourth-order valence-corrected chi connectivity index (χ4v) is 1.06. The molecular weight excluding hydrogens is 174 g/mol. The Hall–Kier alpha value is -2.18. The van der Waals surface area contributed by atoms with Crippen molar-refractivity contribution in [3.8, 4) is 0 Å². The van der Waals surface area contributed by atoms with E-state index < -0.39 is 0 Å². The van der Waals surface area contributed by atoms with Crippen molar-refractivity contribution >= 4 is 17.0 Å². The molecule has 0 aromatic carbocycles. The van der Waals surface area contributed by atoms with Gasteiger partial charge in [0, 0.05) is 17.4 Å². The molecule has 0 radical (unpaired) electrons. The summed E-state index contributed by atoms with van der Waals surface area (Å²) in [6.07, 6.45) is 2.78. The van der Waals surface area contributed by atoms with Crippen LogP contribution in [0, 0.1) is 4.91 Å². The van der Waals surface area contributed by atoms with Crippen molar-refractivity contribution < 1.29 is 14.5 Å². The predicted octanol–water partition coefficient (Wildman–Crippen LogP) is -1.42. The van der Waals surface area contributed by atoms with E-state index >= 15 is 0 Å². The van der Waals surface area contributed by atoms with E-state index in [9.17, 15) is 10.1 Å². The number of hydrogen-bond donors (Lipinski definition) is 3. The number of nitrogens with one attached hydrogen (secondary N) is 1. The summed E-state index contributed by atoms with van der Waals surface area (Å²) in [6, 6.07) is 1.48. The van der Waals surface area contributed by atoms with E-state index in [1.54, 1.807) is 0 Å². The van der Waals surface area contributed by atoms with Gasteiger partial charge >= 0.3 is 11.5 Å². The maximum atomic E-state index is 11.2. The van der Waals surface area contributed by atoms with Gasteiger partial charge in [0.25, 0.3) is 0 Å². The third-order valence-electron chi connectivity index (χ3n) is 1.67. The molecule has 0 bridgehead atoms. The minimum atomic E-state index is -0.145. The molecule has 7 heteroatoms. The first-order chi connectivity index (χ1) is 6.20. The van der Waals surface area contributed by atoms with Crippen LogP contribution in [0.15, 0.2) is 18.5 Å². The summed E-state index contributed by atoms with van der Waals surface area (Å²) in [4.78, 5) is 14.9. The highest BCUT2D eigenvalue weighted by molar-refractivity contribution is 5.65. The summed E-state index contributed by atoms with van der Waals surface area (Å²) in [5.41, 5.74) is 5.80. The lowest BCUT2D eigenvalue weighted by Crippen LogP contribution is -2.42. The highest BCUT2D eigenvalue weighted by Crippen LogP contribution is 1.99. The van der Waals surface area contributed by atoms with Crippen molar-refractivity contribution in [2.24, 2.45) is 0 Å². The maximum absolute atomic E-state index is 11.2. The number of aromatic amines is 1. The molecule has 0 unspecified atom stereocenters. The Morgan fingerprint density at radius 3 is 3.08 bits per heavy atom. The zero-order valence-corrected chi connectivity index (χ0v) is 6.51. The Balaban J connectivity index is 3.06. The Labute approximate surface area is 71.6 Å². The first-order valence-electron chi connectivity index (χ1n) is 3.49. The number of rotatable bonds is 0. The van der Waals surface area contributed by atoms with E-state index in [-0.39, 0.29) is 11.5 Å². The number of H-pyrrole nitrogens is 1. The Bertz CT molecular complexity index is 520. The average Bonchev–Trinajstić information content (AvgIpc) is 2.15. The molecule has 0 aliphatic carbocycles. The molecule has 0 amide bonds. The molecule has 2 rings (SSSR count). The zero-order chi connectivity index (χ0) is 9.42. The first kappa shape index (κ1) is 7.47. The van der Waals surface area contributed by atoms with Crippen LogP contribution in [-0.2, 0) is 0 Å². The van der Waals surface area contributed by atoms with Gasteiger partial charge in [-0.25, -0.2) is 0 Å². The number of nitrogens with zero attached hydrogens (tertiary/aromatic N) is 3. The van der Waals surface area contributed by atoms with Gasteiger partial charge in [-0.15, -0.1) is 0 Å². The van der Waals surface area contributed by atoms with Crippen LogP contribution < -0.4 is 15.0 Å². The number of pyridine rings is 1. The molecule has 13 heavy (non-hydrogen) atoms. The van der Waals surface area contributed by atoms with Gasteiger partial charge in [-0.05, 0) is 4.73 Å². The largest absolute Gasteiger partial charge is 0.447 e. The SMILES string of the molecule is Nc1[nH][n+](=O)c2cnccc2[n+]1O. The summed E-state index contributed by atoms with van der Waals surface area (Å²) < 4.78 is 1.12. The molecule has 0 saturated heterocycles. The number of anilines is 1. The lowest BCUT2D eigenvalue weighted by molar-refractivity contribution is -0.880. The molecule has 0 fully saturated rings.